The molecule has 0 saturated carbocycles. The van der Waals surface area contributed by atoms with Gasteiger partial charge in [0.1, 0.15) is 5.75 Å². The monoisotopic (exact) mass is 354 g/mol. The number of rotatable bonds is 3. The Morgan fingerprint density at radius 2 is 2.05 bits per heavy atom. The minimum atomic E-state index is -0.292. The number of nitrogens with one attached hydrogen (secondary N) is 1. The van der Waals surface area contributed by atoms with Crippen LogP contribution in [0, 0.1) is 0 Å². The second kappa shape index (κ2) is 6.15. The Hall–Kier alpha value is -1.72. The summed E-state index contributed by atoms with van der Waals surface area (Å²) in [6.07, 6.45) is 0. The van der Waals surface area contributed by atoms with E-state index in [9.17, 15) is 4.79 Å². The standard InChI is InChI=1S/C14H12BrClN2O2/c1-20-13-5-2-8(6-11(13)17)14(19)18-12-7-9(15)3-4-10(12)16/h2-7H,17H2,1H3,(H,18,19). The van der Waals surface area contributed by atoms with E-state index in [0.717, 1.165) is 4.47 Å². The number of hydrogen-bond acceptors (Lipinski definition) is 3. The van der Waals surface area contributed by atoms with Crippen molar-refractivity contribution in [3.8, 4) is 5.75 Å². The largest absolute Gasteiger partial charge is 0.495 e. The molecule has 0 saturated heterocycles. The number of methoxy groups -OCH3 is 1. The van der Waals surface area contributed by atoms with Crippen LogP contribution in [0.2, 0.25) is 5.02 Å². The minimum absolute atomic E-state index is 0.292. The van der Waals surface area contributed by atoms with Crippen LogP contribution in [0.1, 0.15) is 10.4 Å². The van der Waals surface area contributed by atoms with E-state index in [0.29, 0.717) is 27.7 Å². The Morgan fingerprint density at radius 3 is 2.70 bits per heavy atom. The number of anilines is 2. The molecule has 3 N–H and O–H groups in total. The molecular weight excluding hydrogens is 344 g/mol. The van der Waals surface area contributed by atoms with Crippen LogP contribution in [0.5, 0.6) is 5.75 Å². The van der Waals surface area contributed by atoms with Crippen LogP contribution >= 0.6 is 27.5 Å². The Labute approximate surface area is 130 Å². The molecule has 0 atom stereocenters. The molecule has 4 nitrogen and oxygen atoms in total. The van der Waals surface area contributed by atoms with E-state index in [2.05, 4.69) is 21.2 Å². The lowest BCUT2D eigenvalue weighted by Crippen LogP contribution is -2.12. The van der Waals surface area contributed by atoms with Gasteiger partial charge in [-0.3, -0.25) is 4.79 Å². The fourth-order valence-electron chi connectivity index (χ4n) is 1.66. The van der Waals surface area contributed by atoms with Gasteiger partial charge in [0.2, 0.25) is 0 Å². The quantitative estimate of drug-likeness (QED) is 0.820. The highest BCUT2D eigenvalue weighted by atomic mass is 79.9. The molecule has 20 heavy (non-hydrogen) atoms. The maximum absolute atomic E-state index is 12.1. The maximum Gasteiger partial charge on any atom is 0.255 e. The van der Waals surface area contributed by atoms with Gasteiger partial charge in [0.25, 0.3) is 5.91 Å². The van der Waals surface area contributed by atoms with E-state index in [4.69, 9.17) is 22.1 Å². The van der Waals surface area contributed by atoms with Gasteiger partial charge in [0.15, 0.2) is 0 Å². The van der Waals surface area contributed by atoms with Crippen molar-refractivity contribution < 1.29 is 9.53 Å². The normalized spacial score (nSPS) is 10.2. The summed E-state index contributed by atoms with van der Waals surface area (Å²) in [6.45, 7) is 0. The summed E-state index contributed by atoms with van der Waals surface area (Å²) in [7, 11) is 1.52. The molecule has 0 aliphatic rings. The van der Waals surface area contributed by atoms with E-state index >= 15 is 0 Å². The van der Waals surface area contributed by atoms with Crippen molar-refractivity contribution in [3.63, 3.8) is 0 Å². The minimum Gasteiger partial charge on any atom is -0.495 e. The molecule has 0 aliphatic heterocycles. The average Bonchev–Trinajstić information content (AvgIpc) is 2.42. The molecule has 0 aliphatic carbocycles. The van der Waals surface area contributed by atoms with Gasteiger partial charge in [-0.05, 0) is 36.4 Å². The fraction of sp³-hybridized carbons (Fsp3) is 0.0714. The molecule has 2 rings (SSSR count). The predicted molar refractivity (Wildman–Crippen MR) is 84.5 cm³/mol. The van der Waals surface area contributed by atoms with Crippen molar-refractivity contribution in [2.24, 2.45) is 0 Å². The van der Waals surface area contributed by atoms with Gasteiger partial charge in [0, 0.05) is 10.0 Å². The predicted octanol–water partition coefficient (Wildman–Crippen LogP) is 3.95. The van der Waals surface area contributed by atoms with Crippen LogP contribution in [0.4, 0.5) is 11.4 Å². The van der Waals surface area contributed by atoms with Crippen molar-refractivity contribution in [3.05, 3.63) is 51.5 Å². The maximum atomic E-state index is 12.1. The van der Waals surface area contributed by atoms with Crippen LogP contribution < -0.4 is 15.8 Å². The average molecular weight is 356 g/mol. The first kappa shape index (κ1) is 14.7. The third-order valence-corrected chi connectivity index (χ3v) is 3.49. The summed E-state index contributed by atoms with van der Waals surface area (Å²) in [5.41, 5.74) is 7.14. The van der Waals surface area contributed by atoms with E-state index < -0.39 is 0 Å². The Balaban J connectivity index is 2.24. The molecule has 0 aromatic heterocycles. The van der Waals surface area contributed by atoms with Gasteiger partial charge in [-0.1, -0.05) is 27.5 Å². The van der Waals surface area contributed by atoms with Crippen molar-refractivity contribution >= 4 is 44.8 Å². The highest BCUT2D eigenvalue weighted by Gasteiger charge is 2.11. The zero-order valence-electron chi connectivity index (χ0n) is 10.6. The highest BCUT2D eigenvalue weighted by molar-refractivity contribution is 9.10. The molecular formula is C14H12BrClN2O2. The van der Waals surface area contributed by atoms with Gasteiger partial charge in [-0.15, -0.1) is 0 Å². The van der Waals surface area contributed by atoms with E-state index in [-0.39, 0.29) is 5.91 Å². The first-order chi connectivity index (χ1) is 9.51. The first-order valence-electron chi connectivity index (χ1n) is 5.71. The van der Waals surface area contributed by atoms with Gasteiger partial charge in [0.05, 0.1) is 23.5 Å². The van der Waals surface area contributed by atoms with Crippen molar-refractivity contribution in [1.29, 1.82) is 0 Å². The van der Waals surface area contributed by atoms with E-state index in [1.807, 2.05) is 0 Å². The summed E-state index contributed by atoms with van der Waals surface area (Å²) in [5.74, 6) is 0.237. The van der Waals surface area contributed by atoms with Gasteiger partial charge in [-0.25, -0.2) is 0 Å². The van der Waals surface area contributed by atoms with Crippen molar-refractivity contribution in [2.45, 2.75) is 0 Å². The molecule has 2 aromatic carbocycles. The zero-order chi connectivity index (χ0) is 14.7. The third-order valence-electron chi connectivity index (χ3n) is 2.67. The molecule has 0 fully saturated rings. The van der Waals surface area contributed by atoms with Crippen LogP contribution in [0.3, 0.4) is 0 Å². The second-order valence-corrected chi connectivity index (χ2v) is 5.36. The summed E-state index contributed by atoms with van der Waals surface area (Å²) in [4.78, 5) is 12.1. The molecule has 0 bridgehead atoms. The summed E-state index contributed by atoms with van der Waals surface area (Å²) >= 11 is 9.35. The molecule has 0 unspecified atom stereocenters. The number of amides is 1. The van der Waals surface area contributed by atoms with Gasteiger partial charge in [-0.2, -0.15) is 0 Å². The SMILES string of the molecule is COc1ccc(C(=O)Nc2cc(Br)ccc2Cl)cc1N. The fourth-order valence-corrected chi connectivity index (χ4v) is 2.19. The lowest BCUT2D eigenvalue weighted by atomic mass is 10.1. The first-order valence-corrected chi connectivity index (χ1v) is 6.88. The zero-order valence-corrected chi connectivity index (χ0v) is 13.0. The highest BCUT2D eigenvalue weighted by Crippen LogP contribution is 2.27. The van der Waals surface area contributed by atoms with Crippen molar-refractivity contribution in [2.75, 3.05) is 18.2 Å². The van der Waals surface area contributed by atoms with Crippen LogP contribution in [0.25, 0.3) is 0 Å². The number of nitrogens with two attached hydrogens (primary N) is 1. The number of hydrogen-bond donors (Lipinski definition) is 2. The smallest absolute Gasteiger partial charge is 0.255 e. The third kappa shape index (κ3) is 3.23. The second-order valence-electron chi connectivity index (χ2n) is 4.04. The lowest BCUT2D eigenvalue weighted by Gasteiger charge is -2.09. The molecule has 0 radical (unpaired) electrons. The molecule has 104 valence electrons. The van der Waals surface area contributed by atoms with Gasteiger partial charge >= 0.3 is 0 Å². The molecule has 6 heteroatoms. The number of carbonyl (C=O) groups is 1. The van der Waals surface area contributed by atoms with E-state index in [1.165, 1.54) is 7.11 Å². The number of carbonyl (C=O) groups excluding carboxylic acids is 1. The molecule has 0 heterocycles. The van der Waals surface area contributed by atoms with Crippen molar-refractivity contribution in [1.82, 2.24) is 0 Å². The van der Waals surface area contributed by atoms with Crippen LogP contribution in [-0.4, -0.2) is 13.0 Å². The number of halogens is 2. The lowest BCUT2D eigenvalue weighted by molar-refractivity contribution is 0.102. The number of benzene rings is 2. The number of nitrogen functional groups attached to an aromatic ring is 1. The van der Waals surface area contributed by atoms with Gasteiger partial charge < -0.3 is 15.8 Å². The van der Waals surface area contributed by atoms with E-state index in [1.54, 1.807) is 36.4 Å². The topological polar surface area (TPSA) is 64.3 Å². The molecule has 2 aromatic rings. The summed E-state index contributed by atoms with van der Waals surface area (Å²) < 4.78 is 5.87. The van der Waals surface area contributed by atoms with Crippen LogP contribution in [0.15, 0.2) is 40.9 Å². The molecule has 1 amide bonds. The summed E-state index contributed by atoms with van der Waals surface area (Å²) in [5, 5.41) is 3.20. The molecule has 0 spiro atoms. The Kier molecular flexibility index (Phi) is 4.52. The Morgan fingerprint density at radius 1 is 1.30 bits per heavy atom. The van der Waals surface area contributed by atoms with Crippen LogP contribution in [-0.2, 0) is 0 Å². The Bertz CT molecular complexity index is 662. The number of ether oxygens (including phenoxy) is 1. The summed E-state index contributed by atoms with van der Waals surface area (Å²) in [6, 6.07) is 10.1.